The van der Waals surface area contributed by atoms with Crippen LogP contribution in [0.15, 0.2) is 29.3 Å². The van der Waals surface area contributed by atoms with Crippen LogP contribution in [0.3, 0.4) is 0 Å². The van der Waals surface area contributed by atoms with Crippen LogP contribution >= 0.6 is 7.60 Å². The van der Waals surface area contributed by atoms with Gasteiger partial charge < -0.3 is 9.05 Å². The molecule has 72 valence electrons. The van der Waals surface area contributed by atoms with Gasteiger partial charge in [-0.3, -0.25) is 4.57 Å². The highest BCUT2D eigenvalue weighted by Crippen LogP contribution is 2.56. The maximum absolute atomic E-state index is 12.0. The van der Waals surface area contributed by atoms with Crippen molar-refractivity contribution in [3.05, 3.63) is 29.3 Å². The molecule has 0 aromatic heterocycles. The molecule has 0 atom stereocenters. The Morgan fingerprint density at radius 2 is 2.00 bits per heavy atom. The minimum absolute atomic E-state index is 0.371. The van der Waals surface area contributed by atoms with Crippen LogP contribution in [-0.4, -0.2) is 13.2 Å². The highest BCUT2D eigenvalue weighted by Gasteiger charge is 2.28. The second kappa shape index (κ2) is 4.59. The van der Waals surface area contributed by atoms with E-state index in [-0.39, 0.29) is 0 Å². The zero-order valence-electron chi connectivity index (χ0n) is 7.82. The van der Waals surface area contributed by atoms with Crippen molar-refractivity contribution in [2.24, 2.45) is 0 Å². The Labute approximate surface area is 78.3 Å². The Hall–Kier alpha value is -0.590. The lowest BCUT2D eigenvalue weighted by molar-refractivity contribution is 0.227. The molecular weight excluding hydrogens is 187 g/mol. The van der Waals surface area contributed by atoms with Gasteiger partial charge in [0.25, 0.3) is 0 Å². The Kier molecular flexibility index (Phi) is 3.71. The fourth-order valence-corrected chi connectivity index (χ4v) is 2.54. The molecule has 4 heteroatoms. The van der Waals surface area contributed by atoms with Gasteiger partial charge in [0, 0.05) is 0 Å². The van der Waals surface area contributed by atoms with Gasteiger partial charge in [-0.1, -0.05) is 6.08 Å². The molecule has 0 unspecified atom stereocenters. The average molecular weight is 200 g/mol. The highest BCUT2D eigenvalue weighted by atomic mass is 31.2. The van der Waals surface area contributed by atoms with Gasteiger partial charge in [0.15, 0.2) is 0 Å². The van der Waals surface area contributed by atoms with Gasteiger partial charge in [0.1, 0.15) is 5.31 Å². The summed E-state index contributed by atoms with van der Waals surface area (Å²) in [4.78, 5) is 0. The van der Waals surface area contributed by atoms with Gasteiger partial charge in [0.05, 0.1) is 13.2 Å². The molecule has 3 nitrogen and oxygen atoms in total. The molecule has 13 heavy (non-hydrogen) atoms. The lowest BCUT2D eigenvalue weighted by Crippen LogP contribution is -1.96. The topological polar surface area (TPSA) is 35.5 Å². The van der Waals surface area contributed by atoms with E-state index in [4.69, 9.17) is 9.05 Å². The second-order valence-corrected chi connectivity index (χ2v) is 4.38. The van der Waals surface area contributed by atoms with Crippen molar-refractivity contribution in [2.75, 3.05) is 13.2 Å². The summed E-state index contributed by atoms with van der Waals surface area (Å²) in [5, 5.41) is 0.510. The summed E-state index contributed by atoms with van der Waals surface area (Å²) in [7, 11) is -3.08. The lowest BCUT2D eigenvalue weighted by atomic mass is 10.6. The molecule has 0 heterocycles. The van der Waals surface area contributed by atoms with Crippen LogP contribution < -0.4 is 0 Å². The smallest absolute Gasteiger partial charge is 0.305 e. The van der Waals surface area contributed by atoms with Crippen LogP contribution in [0.25, 0.3) is 0 Å². The summed E-state index contributed by atoms with van der Waals surface area (Å²) in [6.07, 6.45) is 5.16. The third-order valence-corrected chi connectivity index (χ3v) is 3.54. The molecule has 0 fully saturated rings. The highest BCUT2D eigenvalue weighted by molar-refractivity contribution is 7.58. The zero-order chi connectivity index (χ0) is 9.73. The third kappa shape index (κ3) is 2.43. The Bertz CT molecular complexity index is 301. The van der Waals surface area contributed by atoms with Crippen LogP contribution in [0.1, 0.15) is 13.8 Å². The fourth-order valence-electron chi connectivity index (χ4n) is 1.01. The van der Waals surface area contributed by atoms with Crippen LogP contribution in [0.4, 0.5) is 0 Å². The number of allylic oxidation sites excluding steroid dienone is 3. The summed E-state index contributed by atoms with van der Waals surface area (Å²) < 4.78 is 22.2. The molecule has 0 saturated heterocycles. The van der Waals surface area contributed by atoms with Gasteiger partial charge in [0.2, 0.25) is 0 Å². The predicted molar refractivity (Wildman–Crippen MR) is 51.6 cm³/mol. The normalized spacial score (nSPS) is 15.1. The van der Waals surface area contributed by atoms with E-state index in [9.17, 15) is 4.57 Å². The summed E-state index contributed by atoms with van der Waals surface area (Å²) in [5.41, 5.74) is 2.83. The first-order chi connectivity index (χ1) is 6.23. The summed E-state index contributed by atoms with van der Waals surface area (Å²) in [5.74, 6) is 0. The maximum atomic E-state index is 12.0. The van der Waals surface area contributed by atoms with Crippen molar-refractivity contribution in [3.8, 4) is 0 Å². The van der Waals surface area contributed by atoms with Gasteiger partial charge in [-0.15, -0.1) is 5.73 Å². The summed E-state index contributed by atoms with van der Waals surface area (Å²) in [6.45, 7) is 4.32. The predicted octanol–water partition coefficient (Wildman–Crippen LogP) is 2.86. The molecule has 0 N–H and O–H groups in total. The van der Waals surface area contributed by atoms with Gasteiger partial charge in [-0.05, 0) is 26.0 Å². The van der Waals surface area contributed by atoms with E-state index in [0.29, 0.717) is 18.5 Å². The number of rotatable bonds is 5. The molecule has 0 aromatic rings. The van der Waals surface area contributed by atoms with Crippen molar-refractivity contribution >= 4 is 7.60 Å². The van der Waals surface area contributed by atoms with Crippen molar-refractivity contribution in [3.63, 3.8) is 0 Å². The zero-order valence-corrected chi connectivity index (χ0v) is 8.71. The van der Waals surface area contributed by atoms with E-state index < -0.39 is 7.60 Å². The van der Waals surface area contributed by atoms with E-state index in [0.717, 1.165) is 0 Å². The molecule has 0 saturated carbocycles. The fraction of sp³-hybridized carbons (Fsp3) is 0.444. The van der Waals surface area contributed by atoms with Gasteiger partial charge >= 0.3 is 7.60 Å². The van der Waals surface area contributed by atoms with E-state index in [1.54, 1.807) is 32.1 Å². The first-order valence-electron chi connectivity index (χ1n) is 4.26. The second-order valence-electron chi connectivity index (χ2n) is 2.39. The lowest BCUT2D eigenvalue weighted by Gasteiger charge is -2.15. The molecule has 0 amide bonds. The molecule has 1 aliphatic carbocycles. The molecule has 0 radical (unpaired) electrons. The number of hydrogen-bond donors (Lipinski definition) is 0. The van der Waals surface area contributed by atoms with Crippen molar-refractivity contribution in [2.45, 2.75) is 13.8 Å². The molecule has 0 bridgehead atoms. The Morgan fingerprint density at radius 3 is 2.38 bits per heavy atom. The van der Waals surface area contributed by atoms with Gasteiger partial charge in [-0.25, -0.2) is 0 Å². The SMILES string of the molecule is CCOP(=O)(OCC)C1=C=CC=C1. The molecular formula is C9H13O3P. The minimum Gasteiger partial charge on any atom is -0.305 e. The molecule has 0 aromatic carbocycles. The Balaban J connectivity index is 2.84. The third-order valence-electron chi connectivity index (χ3n) is 1.47. The molecule has 1 aliphatic rings. The minimum atomic E-state index is -3.08. The standard InChI is InChI=1S/C9H13O3P/c1-3-11-13(10,12-4-2)9-7-5-6-8-9/h5-7H,3-4H2,1-2H3. The van der Waals surface area contributed by atoms with Crippen molar-refractivity contribution < 1.29 is 13.6 Å². The van der Waals surface area contributed by atoms with Crippen LogP contribution in [0, 0.1) is 0 Å². The van der Waals surface area contributed by atoms with Crippen LogP contribution in [0.5, 0.6) is 0 Å². The molecule has 1 rings (SSSR count). The van der Waals surface area contributed by atoms with E-state index in [1.807, 2.05) is 0 Å². The number of hydrogen-bond acceptors (Lipinski definition) is 3. The van der Waals surface area contributed by atoms with E-state index in [1.165, 1.54) is 0 Å². The van der Waals surface area contributed by atoms with Crippen molar-refractivity contribution in [1.82, 2.24) is 0 Å². The summed E-state index contributed by atoms with van der Waals surface area (Å²) in [6, 6.07) is 0. The van der Waals surface area contributed by atoms with E-state index >= 15 is 0 Å². The quantitative estimate of drug-likeness (QED) is 0.505. The summed E-state index contributed by atoms with van der Waals surface area (Å²) >= 11 is 0. The molecule has 0 spiro atoms. The van der Waals surface area contributed by atoms with Gasteiger partial charge in [-0.2, -0.15) is 0 Å². The first kappa shape index (κ1) is 10.5. The molecule has 0 aliphatic heterocycles. The largest absolute Gasteiger partial charge is 0.368 e. The average Bonchev–Trinajstić information content (AvgIpc) is 2.57. The monoisotopic (exact) mass is 200 g/mol. The van der Waals surface area contributed by atoms with Crippen LogP contribution in [0.2, 0.25) is 0 Å². The van der Waals surface area contributed by atoms with E-state index in [2.05, 4.69) is 5.73 Å². The Morgan fingerprint density at radius 1 is 1.38 bits per heavy atom. The maximum Gasteiger partial charge on any atom is 0.368 e. The first-order valence-corrected chi connectivity index (χ1v) is 5.80. The van der Waals surface area contributed by atoms with Crippen LogP contribution in [-0.2, 0) is 13.6 Å². The van der Waals surface area contributed by atoms with Crippen molar-refractivity contribution in [1.29, 1.82) is 0 Å².